The normalized spacial score (nSPS) is 10.4. The van der Waals surface area contributed by atoms with E-state index in [1.54, 1.807) is 6.07 Å². The fourth-order valence-electron chi connectivity index (χ4n) is 0.910. The number of hydrogen-bond acceptors (Lipinski definition) is 2. The third-order valence-electron chi connectivity index (χ3n) is 1.35. The van der Waals surface area contributed by atoms with E-state index in [0.29, 0.717) is 5.06 Å². The van der Waals surface area contributed by atoms with Crippen molar-refractivity contribution in [3.63, 3.8) is 0 Å². The second-order valence-corrected chi connectivity index (χ2v) is 3.11. The zero-order valence-corrected chi connectivity index (χ0v) is 5.98. The van der Waals surface area contributed by atoms with Crippen molar-refractivity contribution >= 4 is 21.4 Å². The third-order valence-corrected chi connectivity index (χ3v) is 2.25. The maximum atomic E-state index is 9.06. The first kappa shape index (κ1) is 5.74. The number of hydrogen-bond donors (Lipinski definition) is 1. The van der Waals surface area contributed by atoms with E-state index in [1.807, 2.05) is 18.2 Å². The fourth-order valence-corrected chi connectivity index (χ4v) is 1.69. The average molecular weight is 149 g/mol. The Morgan fingerprint density at radius 3 is 3.20 bits per heavy atom. The molecule has 2 rings (SSSR count). The van der Waals surface area contributed by atoms with Crippen LogP contribution in [0.25, 0.3) is 10.1 Å². The van der Waals surface area contributed by atoms with Gasteiger partial charge in [0.1, 0.15) is 0 Å². The Morgan fingerprint density at radius 2 is 2.40 bits per heavy atom. The van der Waals surface area contributed by atoms with Crippen molar-refractivity contribution in [3.8, 4) is 5.06 Å². The molecule has 1 N–H and O–H groups in total. The monoisotopic (exact) mass is 149 g/mol. The first-order valence-electron chi connectivity index (χ1n) is 2.95. The van der Waals surface area contributed by atoms with Gasteiger partial charge in [0.25, 0.3) is 0 Å². The summed E-state index contributed by atoms with van der Waals surface area (Å²) < 4.78 is 1.08. The van der Waals surface area contributed by atoms with Crippen molar-refractivity contribution in [1.29, 1.82) is 0 Å². The van der Waals surface area contributed by atoms with Gasteiger partial charge in [-0.05, 0) is 23.6 Å². The van der Waals surface area contributed by atoms with E-state index >= 15 is 0 Å². The first-order chi connectivity index (χ1) is 4.86. The third kappa shape index (κ3) is 0.772. The van der Waals surface area contributed by atoms with Gasteiger partial charge >= 0.3 is 0 Å². The molecule has 0 fully saturated rings. The fraction of sp³-hybridized carbons (Fsp3) is 0. The van der Waals surface area contributed by atoms with Crippen LogP contribution in [0.2, 0.25) is 0 Å². The molecule has 0 amide bonds. The summed E-state index contributed by atoms with van der Waals surface area (Å²) in [4.78, 5) is 0. The molecule has 49 valence electrons. The molecule has 0 aliphatic rings. The minimum Gasteiger partial charge on any atom is -0.499 e. The van der Waals surface area contributed by atoms with Crippen molar-refractivity contribution in [1.82, 2.24) is 0 Å². The predicted octanol–water partition coefficient (Wildman–Crippen LogP) is 2.41. The van der Waals surface area contributed by atoms with Crippen molar-refractivity contribution in [2.45, 2.75) is 0 Å². The molecule has 0 saturated heterocycles. The minimum atomic E-state index is 0.370. The SMILES string of the molecule is Oc1cc2cc[c]cc2s1. The molecule has 0 atom stereocenters. The van der Waals surface area contributed by atoms with Crippen LogP contribution in [0.15, 0.2) is 24.3 Å². The van der Waals surface area contributed by atoms with Gasteiger partial charge in [0.2, 0.25) is 0 Å². The van der Waals surface area contributed by atoms with E-state index in [4.69, 9.17) is 5.11 Å². The number of fused-ring (bicyclic) bond motifs is 1. The van der Waals surface area contributed by atoms with Gasteiger partial charge < -0.3 is 5.11 Å². The van der Waals surface area contributed by atoms with Gasteiger partial charge in [0.15, 0.2) is 5.06 Å². The largest absolute Gasteiger partial charge is 0.499 e. The molecule has 2 heteroatoms. The molecule has 10 heavy (non-hydrogen) atoms. The predicted molar refractivity (Wildman–Crippen MR) is 42.3 cm³/mol. The Balaban J connectivity index is 2.88. The Morgan fingerprint density at radius 1 is 1.50 bits per heavy atom. The number of aromatic hydroxyl groups is 1. The van der Waals surface area contributed by atoms with Crippen LogP contribution < -0.4 is 0 Å². The molecule has 1 nitrogen and oxygen atoms in total. The van der Waals surface area contributed by atoms with Crippen molar-refractivity contribution < 1.29 is 5.11 Å². The molecule has 0 spiro atoms. The molecule has 1 radical (unpaired) electrons. The Labute approximate surface area is 62.5 Å². The highest BCUT2D eigenvalue weighted by Gasteiger charge is 1.96. The van der Waals surface area contributed by atoms with Gasteiger partial charge in [-0.15, -0.1) is 0 Å². The topological polar surface area (TPSA) is 20.2 Å². The molecule has 0 bridgehead atoms. The van der Waals surface area contributed by atoms with Gasteiger partial charge in [-0.2, -0.15) is 0 Å². The Kier molecular flexibility index (Phi) is 1.14. The highest BCUT2D eigenvalue weighted by Crippen LogP contribution is 2.29. The van der Waals surface area contributed by atoms with E-state index in [-0.39, 0.29) is 0 Å². The second kappa shape index (κ2) is 1.99. The average Bonchev–Trinajstić information content (AvgIpc) is 2.27. The van der Waals surface area contributed by atoms with Gasteiger partial charge in [0.05, 0.1) is 0 Å². The van der Waals surface area contributed by atoms with Crippen molar-refractivity contribution in [3.05, 3.63) is 30.3 Å². The van der Waals surface area contributed by atoms with E-state index < -0.39 is 0 Å². The van der Waals surface area contributed by atoms with Gasteiger partial charge in [-0.3, -0.25) is 0 Å². The van der Waals surface area contributed by atoms with Gasteiger partial charge in [-0.1, -0.05) is 23.5 Å². The molecule has 0 aliphatic heterocycles. The zero-order valence-electron chi connectivity index (χ0n) is 5.16. The first-order valence-corrected chi connectivity index (χ1v) is 3.76. The van der Waals surface area contributed by atoms with Crippen molar-refractivity contribution in [2.24, 2.45) is 0 Å². The lowest BCUT2D eigenvalue weighted by Crippen LogP contribution is -1.57. The van der Waals surface area contributed by atoms with Crippen LogP contribution >= 0.6 is 11.3 Å². The van der Waals surface area contributed by atoms with Gasteiger partial charge in [-0.25, -0.2) is 0 Å². The molecule has 0 aliphatic carbocycles. The lowest BCUT2D eigenvalue weighted by atomic mass is 10.3. The maximum Gasteiger partial charge on any atom is 0.172 e. The lowest BCUT2D eigenvalue weighted by Gasteiger charge is -1.81. The van der Waals surface area contributed by atoms with Crippen LogP contribution in [0.1, 0.15) is 0 Å². The number of rotatable bonds is 0. The maximum absolute atomic E-state index is 9.06. The summed E-state index contributed by atoms with van der Waals surface area (Å²) in [6, 6.07) is 10.4. The van der Waals surface area contributed by atoms with E-state index in [2.05, 4.69) is 6.07 Å². The van der Waals surface area contributed by atoms with Crippen LogP contribution in [-0.2, 0) is 0 Å². The molecule has 0 saturated carbocycles. The summed E-state index contributed by atoms with van der Waals surface area (Å²) in [5.74, 6) is 0. The van der Waals surface area contributed by atoms with E-state index in [9.17, 15) is 0 Å². The van der Waals surface area contributed by atoms with E-state index in [1.165, 1.54) is 11.3 Å². The summed E-state index contributed by atoms with van der Waals surface area (Å²) >= 11 is 1.38. The standard InChI is InChI=1S/C8H5OS/c9-8-5-6-3-1-2-4-7(6)10-8/h1,3-5,9H. The van der Waals surface area contributed by atoms with Crippen LogP contribution in [-0.4, -0.2) is 5.11 Å². The van der Waals surface area contributed by atoms with Crippen LogP contribution in [0.4, 0.5) is 0 Å². The lowest BCUT2D eigenvalue weighted by molar-refractivity contribution is 0.491. The molecular formula is C8H5OS. The molecule has 1 aromatic heterocycles. The molecule has 1 aromatic carbocycles. The second-order valence-electron chi connectivity index (χ2n) is 2.05. The summed E-state index contributed by atoms with van der Waals surface area (Å²) in [5.41, 5.74) is 0. The number of thiophene rings is 1. The highest BCUT2D eigenvalue weighted by molar-refractivity contribution is 7.20. The van der Waals surface area contributed by atoms with Crippen molar-refractivity contribution in [2.75, 3.05) is 0 Å². The smallest absolute Gasteiger partial charge is 0.172 e. The molecular weight excluding hydrogens is 144 g/mol. The van der Waals surface area contributed by atoms with Crippen LogP contribution in [0.5, 0.6) is 5.06 Å². The molecule has 2 aromatic rings. The number of benzene rings is 1. The quantitative estimate of drug-likeness (QED) is 0.609. The van der Waals surface area contributed by atoms with E-state index in [0.717, 1.165) is 10.1 Å². The molecule has 1 heterocycles. The van der Waals surface area contributed by atoms with Crippen LogP contribution in [0, 0.1) is 6.07 Å². The Bertz CT molecular complexity index is 318. The molecule has 0 unspecified atom stereocenters. The summed E-state index contributed by atoms with van der Waals surface area (Å²) in [6.07, 6.45) is 0. The minimum absolute atomic E-state index is 0.370. The highest BCUT2D eigenvalue weighted by atomic mass is 32.1. The van der Waals surface area contributed by atoms with Crippen LogP contribution in [0.3, 0.4) is 0 Å². The summed E-state index contributed by atoms with van der Waals surface area (Å²) in [5, 5.41) is 10.5. The summed E-state index contributed by atoms with van der Waals surface area (Å²) in [6.45, 7) is 0. The van der Waals surface area contributed by atoms with Gasteiger partial charge in [0, 0.05) is 4.70 Å². The summed E-state index contributed by atoms with van der Waals surface area (Å²) in [7, 11) is 0. The Hall–Kier alpha value is -1.02. The zero-order chi connectivity index (χ0) is 6.97.